The zero-order valence-electron chi connectivity index (χ0n) is 18.0. The van der Waals surface area contributed by atoms with Gasteiger partial charge < -0.3 is 16.8 Å². The van der Waals surface area contributed by atoms with E-state index in [1.54, 1.807) is 41.7 Å². The number of aromatic nitrogens is 6. The molecule has 172 valence electrons. The van der Waals surface area contributed by atoms with Gasteiger partial charge in [0.25, 0.3) is 11.7 Å². The number of rotatable bonds is 6. The predicted octanol–water partition coefficient (Wildman–Crippen LogP) is 2.97. The number of carbonyl (C=O) groups excluding carboxylic acids is 1. The number of halogens is 2. The van der Waals surface area contributed by atoms with E-state index in [0.29, 0.717) is 50.4 Å². The Bertz CT molecular complexity index is 1440. The molecule has 13 heteroatoms. The number of carbonyl (C=O) groups is 1. The van der Waals surface area contributed by atoms with Crippen LogP contribution in [0.4, 0.5) is 11.4 Å². The molecule has 34 heavy (non-hydrogen) atoms. The van der Waals surface area contributed by atoms with Crippen molar-refractivity contribution in [2.45, 2.75) is 13.8 Å². The smallest absolute Gasteiger partial charge is 0.266 e. The zero-order chi connectivity index (χ0) is 24.4. The number of hydrogen-bond donors (Lipinski definition) is 3. The lowest BCUT2D eigenvalue weighted by Crippen LogP contribution is -2.25. The van der Waals surface area contributed by atoms with Crippen molar-refractivity contribution in [2.24, 2.45) is 16.5 Å². The van der Waals surface area contributed by atoms with Crippen molar-refractivity contribution >= 4 is 52.5 Å². The topological polar surface area (TPSA) is 162 Å². The number of benzene rings is 1. The van der Waals surface area contributed by atoms with Crippen LogP contribution in [0.15, 0.2) is 52.9 Å². The number of allylic oxidation sites excluding steroid dienone is 1. The highest BCUT2D eigenvalue weighted by molar-refractivity contribution is 6.38. The summed E-state index contributed by atoms with van der Waals surface area (Å²) >= 11 is 12.3. The number of amides is 1. The molecule has 3 aromatic heterocycles. The van der Waals surface area contributed by atoms with Gasteiger partial charge in [0.05, 0.1) is 33.8 Å². The van der Waals surface area contributed by atoms with Gasteiger partial charge in [-0.1, -0.05) is 29.3 Å². The fourth-order valence-corrected chi connectivity index (χ4v) is 3.56. The quantitative estimate of drug-likeness (QED) is 0.270. The number of fused-ring (bicyclic) bond motifs is 1. The van der Waals surface area contributed by atoms with Gasteiger partial charge in [-0.15, -0.1) is 10.2 Å². The Morgan fingerprint density at radius 1 is 1.09 bits per heavy atom. The molecule has 0 aliphatic carbocycles. The second kappa shape index (κ2) is 9.41. The molecule has 4 rings (SSSR count). The van der Waals surface area contributed by atoms with Gasteiger partial charge in [-0.3, -0.25) is 14.8 Å². The molecule has 0 aliphatic rings. The summed E-state index contributed by atoms with van der Waals surface area (Å²) in [4.78, 5) is 29.0. The van der Waals surface area contributed by atoms with Crippen LogP contribution in [0.25, 0.3) is 17.3 Å². The molecule has 0 unspecified atom stereocenters. The van der Waals surface area contributed by atoms with Crippen LogP contribution in [0.2, 0.25) is 10.0 Å². The van der Waals surface area contributed by atoms with E-state index in [2.05, 4.69) is 35.5 Å². The first-order chi connectivity index (χ1) is 16.2. The van der Waals surface area contributed by atoms with Gasteiger partial charge >= 0.3 is 0 Å². The van der Waals surface area contributed by atoms with E-state index < -0.39 is 5.91 Å². The van der Waals surface area contributed by atoms with Gasteiger partial charge in [0, 0.05) is 0 Å². The van der Waals surface area contributed by atoms with Crippen molar-refractivity contribution in [3.05, 3.63) is 69.6 Å². The summed E-state index contributed by atoms with van der Waals surface area (Å²) in [7, 11) is 0. The third-order valence-electron chi connectivity index (χ3n) is 4.64. The minimum atomic E-state index is -0.829. The molecule has 0 aliphatic heterocycles. The van der Waals surface area contributed by atoms with Crippen molar-refractivity contribution in [3.8, 4) is 11.5 Å². The van der Waals surface area contributed by atoms with E-state index in [0.717, 1.165) is 0 Å². The molecule has 0 atom stereocenters. The third kappa shape index (κ3) is 4.65. The minimum Gasteiger partial charge on any atom is -0.393 e. The standard InChI is InChI=1S/C21H18Cl2N10O/c1-10-28-11(2)33-20(31-32-21(33)29-10)15-7-6-12(8-26-15)30-16(17(24)19(25)34)9-27-18-13(22)4-3-5-14(18)23/h3-9,30H,24H2,1-2H3,(H2,25,34). The monoisotopic (exact) mass is 496 g/mol. The second-order valence-electron chi connectivity index (χ2n) is 7.05. The fraction of sp³-hybridized carbons (Fsp3) is 0.0952. The number of primary amides is 1. The maximum absolute atomic E-state index is 11.7. The highest BCUT2D eigenvalue weighted by Gasteiger charge is 2.14. The lowest BCUT2D eigenvalue weighted by Gasteiger charge is -2.10. The summed E-state index contributed by atoms with van der Waals surface area (Å²) in [5.41, 5.74) is 12.5. The van der Waals surface area contributed by atoms with Gasteiger partial charge in [-0.05, 0) is 38.1 Å². The van der Waals surface area contributed by atoms with Crippen LogP contribution in [-0.4, -0.2) is 41.7 Å². The molecule has 0 saturated carbocycles. The Kier molecular flexibility index (Phi) is 6.39. The highest BCUT2D eigenvalue weighted by atomic mass is 35.5. The van der Waals surface area contributed by atoms with Crippen molar-refractivity contribution < 1.29 is 4.79 Å². The lowest BCUT2D eigenvalue weighted by atomic mass is 10.2. The normalized spacial score (nSPS) is 12.2. The molecule has 1 amide bonds. The summed E-state index contributed by atoms with van der Waals surface area (Å²) < 4.78 is 1.71. The number of pyridine rings is 1. The number of nitrogens with one attached hydrogen (secondary N) is 1. The van der Waals surface area contributed by atoms with Crippen LogP contribution >= 0.6 is 23.2 Å². The van der Waals surface area contributed by atoms with Crippen LogP contribution in [0.5, 0.6) is 0 Å². The predicted molar refractivity (Wildman–Crippen MR) is 130 cm³/mol. The molecule has 0 spiro atoms. The molecular weight excluding hydrogens is 479 g/mol. The Morgan fingerprint density at radius 2 is 1.82 bits per heavy atom. The Labute approximate surface area is 203 Å². The van der Waals surface area contributed by atoms with E-state index in [1.165, 1.54) is 12.4 Å². The van der Waals surface area contributed by atoms with Gasteiger partial charge in [0.2, 0.25) is 0 Å². The van der Waals surface area contributed by atoms with Crippen LogP contribution < -0.4 is 16.8 Å². The average molecular weight is 497 g/mol. The molecule has 11 nitrogen and oxygen atoms in total. The molecule has 4 aromatic rings. The molecular formula is C21H18Cl2N10O. The second-order valence-corrected chi connectivity index (χ2v) is 7.87. The average Bonchev–Trinajstić information content (AvgIpc) is 3.22. The van der Waals surface area contributed by atoms with Crippen LogP contribution in [0, 0.1) is 13.8 Å². The zero-order valence-corrected chi connectivity index (χ0v) is 19.5. The van der Waals surface area contributed by atoms with Crippen molar-refractivity contribution in [1.82, 2.24) is 29.5 Å². The number of nitrogens with two attached hydrogens (primary N) is 2. The Balaban J connectivity index is 1.64. The molecule has 0 radical (unpaired) electrons. The van der Waals surface area contributed by atoms with Crippen molar-refractivity contribution in [3.63, 3.8) is 0 Å². The van der Waals surface area contributed by atoms with E-state index in [4.69, 9.17) is 34.7 Å². The van der Waals surface area contributed by atoms with E-state index in [9.17, 15) is 4.79 Å². The SMILES string of the molecule is Cc1nc(C)n2c(-c3ccc(NC(C=Nc4c(Cl)cccc4Cl)=C(N)C(N)=O)cn3)nnc2n1. The summed E-state index contributed by atoms with van der Waals surface area (Å²) in [5, 5.41) is 11.9. The number of aliphatic imine (C=N–C) groups is 1. The van der Waals surface area contributed by atoms with Crippen LogP contribution in [0.3, 0.4) is 0 Å². The molecule has 5 N–H and O–H groups in total. The highest BCUT2D eigenvalue weighted by Crippen LogP contribution is 2.32. The van der Waals surface area contributed by atoms with Gasteiger partial charge in [-0.25, -0.2) is 9.38 Å². The first-order valence-corrected chi connectivity index (χ1v) is 10.6. The molecule has 0 bridgehead atoms. The van der Waals surface area contributed by atoms with Gasteiger partial charge in [-0.2, -0.15) is 4.98 Å². The largest absolute Gasteiger partial charge is 0.393 e. The summed E-state index contributed by atoms with van der Waals surface area (Å²) in [5.74, 6) is 1.37. The van der Waals surface area contributed by atoms with E-state index in [-0.39, 0.29) is 11.4 Å². The minimum absolute atomic E-state index is 0.144. The fourth-order valence-electron chi connectivity index (χ4n) is 3.07. The number of anilines is 1. The molecule has 0 saturated heterocycles. The van der Waals surface area contributed by atoms with E-state index in [1.807, 2.05) is 6.92 Å². The van der Waals surface area contributed by atoms with Gasteiger partial charge in [0.15, 0.2) is 5.82 Å². The summed E-state index contributed by atoms with van der Waals surface area (Å²) in [6.45, 7) is 3.62. The maximum atomic E-state index is 11.7. The molecule has 0 fully saturated rings. The van der Waals surface area contributed by atoms with E-state index >= 15 is 0 Å². The Morgan fingerprint density at radius 3 is 2.47 bits per heavy atom. The number of para-hydroxylation sites is 1. The third-order valence-corrected chi connectivity index (χ3v) is 5.25. The van der Waals surface area contributed by atoms with Crippen molar-refractivity contribution in [2.75, 3.05) is 5.32 Å². The van der Waals surface area contributed by atoms with Crippen molar-refractivity contribution in [1.29, 1.82) is 0 Å². The lowest BCUT2D eigenvalue weighted by molar-refractivity contribution is -0.114. The first-order valence-electron chi connectivity index (χ1n) is 9.82. The number of aryl methyl sites for hydroxylation is 2. The summed E-state index contributed by atoms with van der Waals surface area (Å²) in [6, 6.07) is 8.41. The first kappa shape index (κ1) is 23.1. The Hall–Kier alpha value is -4.09. The summed E-state index contributed by atoms with van der Waals surface area (Å²) in [6.07, 6.45) is 2.85. The van der Waals surface area contributed by atoms with Gasteiger partial charge in [0.1, 0.15) is 28.7 Å². The molecule has 1 aromatic carbocycles. The van der Waals surface area contributed by atoms with Crippen LogP contribution in [-0.2, 0) is 4.79 Å². The number of hydrogen-bond acceptors (Lipinski definition) is 9. The molecule has 3 heterocycles. The number of nitrogens with zero attached hydrogens (tertiary/aromatic N) is 7. The van der Waals surface area contributed by atoms with Crippen LogP contribution in [0.1, 0.15) is 11.6 Å². The maximum Gasteiger partial charge on any atom is 0.266 e.